The molecule has 104 valence electrons. The Balaban J connectivity index is 2.12. The van der Waals surface area contributed by atoms with Gasteiger partial charge in [-0.1, -0.05) is 5.16 Å². The average Bonchev–Trinajstić information content (AvgIpc) is 2.90. The number of pyridine rings is 1. The van der Waals surface area contributed by atoms with Crippen molar-refractivity contribution in [3.05, 3.63) is 22.3 Å². The number of halogens is 1. The highest BCUT2D eigenvalue weighted by Gasteiger charge is 2.30. The maximum absolute atomic E-state index is 5.20. The second kappa shape index (κ2) is 6.18. The van der Waals surface area contributed by atoms with Crippen LogP contribution >= 0.6 is 15.9 Å². The maximum atomic E-state index is 5.20. The molecule has 0 amide bonds. The summed E-state index contributed by atoms with van der Waals surface area (Å²) in [6.45, 7) is 0. The monoisotopic (exact) mass is 331 g/mol. The van der Waals surface area contributed by atoms with E-state index in [-0.39, 0.29) is 0 Å². The Labute approximate surface area is 119 Å². The number of nitrogens with zero attached hydrogens (tertiary/aromatic N) is 2. The first-order valence-corrected chi connectivity index (χ1v) is 6.25. The number of oxime groups is 1. The van der Waals surface area contributed by atoms with Crippen molar-refractivity contribution in [1.82, 2.24) is 10.3 Å². The highest BCUT2D eigenvalue weighted by atomic mass is 79.9. The summed E-state index contributed by atoms with van der Waals surface area (Å²) in [6, 6.07) is 3.61. The lowest BCUT2D eigenvalue weighted by Crippen LogP contribution is -2.42. The van der Waals surface area contributed by atoms with Gasteiger partial charge in [0.2, 0.25) is 18.4 Å². The fourth-order valence-electron chi connectivity index (χ4n) is 1.58. The van der Waals surface area contributed by atoms with E-state index >= 15 is 0 Å². The van der Waals surface area contributed by atoms with Crippen molar-refractivity contribution in [2.75, 3.05) is 21.3 Å². The van der Waals surface area contributed by atoms with Gasteiger partial charge in [0, 0.05) is 14.2 Å². The standard InChI is InChI=1S/C11H14BrN3O4/c1-16-9-6(12)4-5-7(13-9)8-14-10(19-15-8)11(17-2)18-3/h4-5,10-11H,1-3H3,(H,14,15). The molecule has 0 fully saturated rings. The van der Waals surface area contributed by atoms with Gasteiger partial charge in [-0.15, -0.1) is 0 Å². The number of methoxy groups -OCH3 is 3. The minimum Gasteiger partial charge on any atom is -0.480 e. The van der Waals surface area contributed by atoms with Crippen molar-refractivity contribution >= 4 is 21.8 Å². The topological polar surface area (TPSA) is 74.2 Å². The minimum atomic E-state index is -0.557. The van der Waals surface area contributed by atoms with Crippen molar-refractivity contribution in [2.24, 2.45) is 5.16 Å². The number of hydrogen-bond donors (Lipinski definition) is 1. The van der Waals surface area contributed by atoms with Gasteiger partial charge in [0.15, 0.2) is 5.84 Å². The number of nitrogens with one attached hydrogen (secondary N) is 1. The second-order valence-electron chi connectivity index (χ2n) is 3.64. The number of aromatic nitrogens is 1. The molecule has 1 atom stereocenters. The van der Waals surface area contributed by atoms with Crippen LogP contribution in [-0.4, -0.2) is 44.7 Å². The summed E-state index contributed by atoms with van der Waals surface area (Å²) in [7, 11) is 4.60. The van der Waals surface area contributed by atoms with E-state index in [0.29, 0.717) is 17.4 Å². The molecule has 0 bridgehead atoms. The van der Waals surface area contributed by atoms with E-state index in [1.165, 1.54) is 14.2 Å². The Bertz CT molecular complexity index is 479. The molecule has 2 heterocycles. The Morgan fingerprint density at radius 2 is 2.05 bits per heavy atom. The normalized spacial score (nSPS) is 17.9. The lowest BCUT2D eigenvalue weighted by atomic mass is 10.3. The van der Waals surface area contributed by atoms with E-state index in [4.69, 9.17) is 19.0 Å². The summed E-state index contributed by atoms with van der Waals surface area (Å²) in [5, 5.41) is 6.95. The number of hydrogen-bond acceptors (Lipinski definition) is 7. The van der Waals surface area contributed by atoms with Crippen LogP contribution in [0.5, 0.6) is 5.88 Å². The molecule has 1 aliphatic rings. The van der Waals surface area contributed by atoms with Crippen molar-refractivity contribution in [2.45, 2.75) is 12.5 Å². The quantitative estimate of drug-likeness (QED) is 0.814. The van der Waals surface area contributed by atoms with Gasteiger partial charge in [-0.3, -0.25) is 0 Å². The van der Waals surface area contributed by atoms with Crippen LogP contribution in [0.1, 0.15) is 5.69 Å². The van der Waals surface area contributed by atoms with E-state index in [1.54, 1.807) is 13.2 Å². The summed E-state index contributed by atoms with van der Waals surface area (Å²) in [6.07, 6.45) is -1.07. The Morgan fingerprint density at radius 3 is 2.68 bits per heavy atom. The molecule has 7 nitrogen and oxygen atoms in total. The molecule has 0 saturated heterocycles. The predicted molar refractivity (Wildman–Crippen MR) is 70.8 cm³/mol. The molecule has 8 heteroatoms. The van der Waals surface area contributed by atoms with Crippen LogP contribution in [0.2, 0.25) is 0 Å². The van der Waals surface area contributed by atoms with Crippen LogP contribution in [0.15, 0.2) is 21.8 Å². The molecule has 1 aromatic rings. The first kappa shape index (κ1) is 14.0. The van der Waals surface area contributed by atoms with E-state index in [9.17, 15) is 0 Å². The summed E-state index contributed by atoms with van der Waals surface area (Å²) in [5.41, 5.74) is 0.605. The van der Waals surface area contributed by atoms with Crippen molar-refractivity contribution in [3.8, 4) is 5.88 Å². The Kier molecular flexibility index (Phi) is 4.56. The van der Waals surface area contributed by atoms with E-state index in [2.05, 4.69) is 31.4 Å². The molecule has 2 rings (SSSR count). The van der Waals surface area contributed by atoms with Gasteiger partial charge in [-0.05, 0) is 28.1 Å². The first-order chi connectivity index (χ1) is 9.19. The van der Waals surface area contributed by atoms with Crippen LogP contribution in [0.25, 0.3) is 0 Å². The lowest BCUT2D eigenvalue weighted by molar-refractivity contribution is -0.178. The third kappa shape index (κ3) is 2.96. The predicted octanol–water partition coefficient (Wildman–Crippen LogP) is 1.08. The Morgan fingerprint density at radius 1 is 1.32 bits per heavy atom. The lowest BCUT2D eigenvalue weighted by Gasteiger charge is -2.18. The number of ether oxygens (including phenoxy) is 3. The summed E-state index contributed by atoms with van der Waals surface area (Å²) in [5.74, 6) is 0.968. The minimum absolute atomic E-state index is 0.473. The van der Waals surface area contributed by atoms with Crippen molar-refractivity contribution in [1.29, 1.82) is 0 Å². The van der Waals surface area contributed by atoms with Crippen LogP contribution in [-0.2, 0) is 14.3 Å². The SMILES string of the molecule is COc1nc(C2=NOC(C(OC)OC)N2)ccc1Br. The van der Waals surface area contributed by atoms with Gasteiger partial charge in [0.1, 0.15) is 5.69 Å². The van der Waals surface area contributed by atoms with Gasteiger partial charge in [0.05, 0.1) is 11.6 Å². The van der Waals surface area contributed by atoms with Gasteiger partial charge < -0.3 is 24.4 Å². The van der Waals surface area contributed by atoms with Gasteiger partial charge >= 0.3 is 0 Å². The van der Waals surface area contributed by atoms with Gasteiger partial charge in [-0.25, -0.2) is 4.98 Å². The van der Waals surface area contributed by atoms with Crippen molar-refractivity contribution in [3.63, 3.8) is 0 Å². The van der Waals surface area contributed by atoms with E-state index in [0.717, 1.165) is 4.47 Å². The molecule has 1 aliphatic heterocycles. The fraction of sp³-hybridized carbons (Fsp3) is 0.455. The fourth-order valence-corrected chi connectivity index (χ4v) is 1.96. The third-order valence-corrected chi connectivity index (χ3v) is 3.10. The molecule has 0 saturated carbocycles. The number of amidine groups is 1. The molecular weight excluding hydrogens is 318 g/mol. The van der Waals surface area contributed by atoms with Crippen molar-refractivity contribution < 1.29 is 19.0 Å². The zero-order valence-corrected chi connectivity index (χ0v) is 12.3. The van der Waals surface area contributed by atoms with Crippen LogP contribution in [0.4, 0.5) is 0 Å². The zero-order valence-electron chi connectivity index (χ0n) is 10.7. The molecule has 0 radical (unpaired) electrons. The molecular formula is C11H14BrN3O4. The third-order valence-electron chi connectivity index (χ3n) is 2.50. The maximum Gasteiger partial charge on any atom is 0.250 e. The average molecular weight is 332 g/mol. The summed E-state index contributed by atoms with van der Waals surface area (Å²) >= 11 is 3.34. The highest BCUT2D eigenvalue weighted by Crippen LogP contribution is 2.22. The zero-order chi connectivity index (χ0) is 13.8. The smallest absolute Gasteiger partial charge is 0.250 e. The van der Waals surface area contributed by atoms with E-state index < -0.39 is 12.5 Å². The second-order valence-corrected chi connectivity index (χ2v) is 4.49. The largest absolute Gasteiger partial charge is 0.480 e. The molecule has 1 aromatic heterocycles. The first-order valence-electron chi connectivity index (χ1n) is 5.46. The van der Waals surface area contributed by atoms with Crippen LogP contribution < -0.4 is 10.1 Å². The van der Waals surface area contributed by atoms with Gasteiger partial charge in [0.25, 0.3) is 0 Å². The highest BCUT2D eigenvalue weighted by molar-refractivity contribution is 9.10. The summed E-state index contributed by atoms with van der Waals surface area (Å²) < 4.78 is 16.1. The molecule has 1 unspecified atom stereocenters. The number of rotatable bonds is 5. The van der Waals surface area contributed by atoms with Gasteiger partial charge in [-0.2, -0.15) is 0 Å². The van der Waals surface area contributed by atoms with Crippen LogP contribution in [0.3, 0.4) is 0 Å². The molecule has 1 N–H and O–H groups in total. The van der Waals surface area contributed by atoms with E-state index in [1.807, 2.05) is 6.07 Å². The Hall–Kier alpha value is -1.38. The molecule has 0 aliphatic carbocycles. The van der Waals surface area contributed by atoms with Crippen LogP contribution in [0, 0.1) is 0 Å². The molecule has 19 heavy (non-hydrogen) atoms. The molecule has 0 aromatic carbocycles. The summed E-state index contributed by atoms with van der Waals surface area (Å²) in [4.78, 5) is 9.50. The molecule has 0 spiro atoms.